The molecule has 62 heavy (non-hydrogen) atoms. The molecule has 0 aliphatic carbocycles. The molecule has 2 aliphatic heterocycles. The Bertz CT molecular complexity index is 2830. The van der Waals surface area contributed by atoms with Crippen LogP contribution in [0.5, 0.6) is 34.5 Å². The predicted octanol–water partition coefficient (Wildman–Crippen LogP) is 10.9. The van der Waals surface area contributed by atoms with Crippen LogP contribution in [0.1, 0.15) is 32.6 Å². The van der Waals surface area contributed by atoms with Crippen molar-refractivity contribution >= 4 is 52.4 Å². The Morgan fingerprint density at radius 3 is 1.56 bits per heavy atom. The van der Waals surface area contributed by atoms with Crippen molar-refractivity contribution in [2.24, 2.45) is 0 Å². The van der Waals surface area contributed by atoms with Gasteiger partial charge >= 0.3 is 5.97 Å². The first-order valence-corrected chi connectivity index (χ1v) is 20.9. The average molecular weight is 931 g/mol. The van der Waals surface area contributed by atoms with Gasteiger partial charge in [-0.3, -0.25) is 19.0 Å². The molecule has 6 aromatic rings. The number of aromatic hydroxyl groups is 1. The van der Waals surface area contributed by atoms with Gasteiger partial charge in [-0.15, -0.1) is 0 Å². The van der Waals surface area contributed by atoms with Crippen molar-refractivity contribution in [2.45, 2.75) is 58.8 Å². The number of hydrogen-bond acceptors (Lipinski definition) is 8. The first kappa shape index (κ1) is 44.4. The van der Waals surface area contributed by atoms with Crippen LogP contribution in [-0.2, 0) is 35.7 Å². The Hall–Kier alpha value is -5.67. The van der Waals surface area contributed by atoms with Crippen molar-refractivity contribution in [3.05, 3.63) is 137 Å². The highest BCUT2D eigenvalue weighted by atomic mass is 35.5. The first-order chi connectivity index (χ1) is 29.8. The van der Waals surface area contributed by atoms with E-state index in [1.54, 1.807) is 58.8 Å². The highest BCUT2D eigenvalue weighted by Crippen LogP contribution is 2.41. The maximum absolute atomic E-state index is 15.0. The van der Waals surface area contributed by atoms with Crippen molar-refractivity contribution < 1.29 is 37.6 Å². The fraction of sp³-hybridized carbons (Fsp3) is 0.250. The van der Waals surface area contributed by atoms with Gasteiger partial charge in [0.1, 0.15) is 40.0 Å². The minimum Gasteiger partial charge on any atom is -0.504 e. The molecule has 4 aromatic carbocycles. The van der Waals surface area contributed by atoms with Crippen LogP contribution in [0, 0.1) is 11.6 Å². The molecule has 12 nitrogen and oxygen atoms in total. The second-order valence-corrected chi connectivity index (χ2v) is 15.8. The largest absolute Gasteiger partial charge is 0.504 e. The second-order valence-electron chi connectivity index (χ2n) is 14.3. The summed E-state index contributed by atoms with van der Waals surface area (Å²) in [6.07, 6.45) is 4.83. The number of aromatic nitrogens is 4. The maximum Gasteiger partial charge on any atom is 0.330 e. The van der Waals surface area contributed by atoms with Gasteiger partial charge in [-0.1, -0.05) is 70.7 Å². The lowest BCUT2D eigenvalue weighted by atomic mass is 10.1. The Labute approximate surface area is 373 Å². The minimum absolute atomic E-state index is 0.00375. The Morgan fingerprint density at radius 2 is 1.10 bits per heavy atom. The number of halogens is 6. The van der Waals surface area contributed by atoms with E-state index in [2.05, 4.69) is 4.74 Å². The molecule has 2 aliphatic rings. The molecular weight excluding hydrogens is 892 g/mol. The van der Waals surface area contributed by atoms with E-state index in [-0.39, 0.29) is 83.3 Å². The van der Waals surface area contributed by atoms with E-state index in [0.29, 0.717) is 43.3 Å². The minimum atomic E-state index is -0.682. The van der Waals surface area contributed by atoms with E-state index in [1.807, 2.05) is 0 Å². The SMILES string of the molecule is COC(=O)/C=C(/C)COc1ccccc1Oc1cc(-c2c(Cl)n3n(c2=O)CCCC3)c(F)cc1Cl.O=c1c(-c2cc(Oc3ccccc3O)c(Cl)cc2F)c(Cl)n2n1CCCC2. The number of phenols is 1. The van der Waals surface area contributed by atoms with Crippen LogP contribution in [0.4, 0.5) is 8.78 Å². The number of fused-ring (bicyclic) bond motifs is 2. The highest BCUT2D eigenvalue weighted by molar-refractivity contribution is 6.34. The lowest BCUT2D eigenvalue weighted by Gasteiger charge is -2.17. The van der Waals surface area contributed by atoms with Gasteiger partial charge < -0.3 is 24.1 Å². The summed E-state index contributed by atoms with van der Waals surface area (Å²) in [7, 11) is 1.29. The fourth-order valence-corrected chi connectivity index (χ4v) is 8.13. The summed E-state index contributed by atoms with van der Waals surface area (Å²) in [5, 5.41) is 10.3. The van der Waals surface area contributed by atoms with Gasteiger partial charge in [-0.05, 0) is 86.7 Å². The second kappa shape index (κ2) is 19.2. The Kier molecular flexibility index (Phi) is 13.7. The quantitative estimate of drug-likeness (QED) is 0.106. The number of para-hydroxylation sites is 4. The molecule has 8 rings (SSSR count). The van der Waals surface area contributed by atoms with Crippen LogP contribution >= 0.6 is 46.4 Å². The first-order valence-electron chi connectivity index (χ1n) is 19.3. The van der Waals surface area contributed by atoms with Gasteiger partial charge in [-0.2, -0.15) is 0 Å². The number of benzene rings is 4. The number of phenolic OH excluding ortho intramolecular Hbond substituents is 1. The standard InChI is InChI=1S/C25H23Cl2FN2O5.C19H15Cl2FN2O3/c1-15(11-22(31)33-2)14-34-19-7-3-4-8-20(19)35-21-12-16(18(28)13-17(21)26)23-24(27)29-9-5-6-10-30(29)25(23)32;20-12-10-13(22)11(9-16(12)27-15-6-2-1-5-14(15)25)17-18(21)23-7-3-4-8-24(23)19(17)26/h3-4,7-8,11-13H,5-6,9-10,14H2,1-2H3;1-2,5-6,9-10,25H,3-4,7-8H2/b15-11-;. The summed E-state index contributed by atoms with van der Waals surface area (Å²) in [4.78, 5) is 37.2. The van der Waals surface area contributed by atoms with Crippen LogP contribution < -0.4 is 25.3 Å². The van der Waals surface area contributed by atoms with E-state index >= 15 is 0 Å². The Balaban J connectivity index is 0.000000192. The molecule has 0 saturated carbocycles. The molecule has 0 unspecified atom stereocenters. The summed E-state index contributed by atoms with van der Waals surface area (Å²) in [5.74, 6) is -0.827. The van der Waals surface area contributed by atoms with Crippen molar-refractivity contribution in [3.63, 3.8) is 0 Å². The highest BCUT2D eigenvalue weighted by Gasteiger charge is 2.27. The molecule has 0 atom stereocenters. The van der Waals surface area contributed by atoms with E-state index in [9.17, 15) is 28.3 Å². The number of rotatable bonds is 10. The van der Waals surface area contributed by atoms with Gasteiger partial charge in [0.2, 0.25) is 0 Å². The van der Waals surface area contributed by atoms with Crippen molar-refractivity contribution in [1.82, 2.24) is 18.7 Å². The normalized spacial score (nSPS) is 13.4. The zero-order valence-electron chi connectivity index (χ0n) is 33.2. The third kappa shape index (κ3) is 9.24. The van der Waals surface area contributed by atoms with Crippen molar-refractivity contribution in [2.75, 3.05) is 13.7 Å². The molecule has 0 amide bonds. The number of carbonyl (C=O) groups is 1. The van der Waals surface area contributed by atoms with E-state index in [0.717, 1.165) is 37.8 Å². The zero-order valence-corrected chi connectivity index (χ0v) is 36.3. The molecule has 0 radical (unpaired) electrons. The summed E-state index contributed by atoms with van der Waals surface area (Å²) in [6.45, 7) is 4.08. The summed E-state index contributed by atoms with van der Waals surface area (Å²) in [5.41, 5.74) is 0.0864. The molecule has 4 heterocycles. The van der Waals surface area contributed by atoms with E-state index in [4.69, 9.17) is 60.6 Å². The van der Waals surface area contributed by atoms with Crippen LogP contribution in [-0.4, -0.2) is 43.5 Å². The van der Waals surface area contributed by atoms with Crippen molar-refractivity contribution in [1.29, 1.82) is 0 Å². The summed E-state index contributed by atoms with van der Waals surface area (Å²) in [6, 6.07) is 18.0. The third-order valence-electron chi connectivity index (χ3n) is 10.1. The lowest BCUT2D eigenvalue weighted by molar-refractivity contribution is -0.134. The number of methoxy groups -OCH3 is 1. The predicted molar refractivity (Wildman–Crippen MR) is 233 cm³/mol. The number of carbonyl (C=O) groups excluding carboxylic acids is 1. The van der Waals surface area contributed by atoms with Gasteiger partial charge in [0, 0.05) is 43.4 Å². The van der Waals surface area contributed by atoms with Gasteiger partial charge in [0.25, 0.3) is 11.1 Å². The fourth-order valence-electron chi connectivity index (χ4n) is 7.03. The van der Waals surface area contributed by atoms with E-state index in [1.165, 1.54) is 40.7 Å². The maximum atomic E-state index is 15.0. The molecule has 0 saturated heterocycles. The van der Waals surface area contributed by atoms with Crippen LogP contribution in [0.3, 0.4) is 0 Å². The molecule has 18 heteroatoms. The summed E-state index contributed by atoms with van der Waals surface area (Å²) < 4.78 is 58.0. The monoisotopic (exact) mass is 928 g/mol. The topological polar surface area (TPSA) is 128 Å². The number of nitrogens with zero attached hydrogens (tertiary/aromatic N) is 4. The number of hydrogen-bond donors (Lipinski definition) is 1. The average Bonchev–Trinajstić information content (AvgIpc) is 3.67. The number of esters is 1. The van der Waals surface area contributed by atoms with Gasteiger partial charge in [0.05, 0.1) is 28.3 Å². The number of ether oxygens (including phenoxy) is 4. The third-order valence-corrected chi connectivity index (χ3v) is 11.4. The molecule has 0 bridgehead atoms. The van der Waals surface area contributed by atoms with Crippen LogP contribution in [0.25, 0.3) is 22.3 Å². The molecule has 324 valence electrons. The molecule has 0 spiro atoms. The smallest absolute Gasteiger partial charge is 0.330 e. The van der Waals surface area contributed by atoms with Crippen LogP contribution in [0.2, 0.25) is 20.4 Å². The Morgan fingerprint density at radius 1 is 0.661 bits per heavy atom. The summed E-state index contributed by atoms with van der Waals surface area (Å²) >= 11 is 25.3. The molecular formula is C44H38Cl4F2N4O8. The molecule has 1 N–H and O–H groups in total. The van der Waals surface area contributed by atoms with E-state index < -0.39 is 17.6 Å². The van der Waals surface area contributed by atoms with Gasteiger partial charge in [-0.25, -0.2) is 22.9 Å². The molecule has 0 fully saturated rings. The zero-order chi connectivity index (χ0) is 44.2. The van der Waals surface area contributed by atoms with Crippen LogP contribution in [0.15, 0.2) is 94.0 Å². The van der Waals surface area contributed by atoms with Gasteiger partial charge in [0.15, 0.2) is 23.0 Å². The molecule has 2 aromatic heterocycles. The lowest BCUT2D eigenvalue weighted by Crippen LogP contribution is -2.27. The van der Waals surface area contributed by atoms with Crippen molar-refractivity contribution in [3.8, 4) is 56.8 Å².